The van der Waals surface area contributed by atoms with E-state index in [0.29, 0.717) is 32.1 Å². The fourth-order valence-corrected chi connectivity index (χ4v) is 3.93. The van der Waals surface area contributed by atoms with Crippen LogP contribution in [0.15, 0.2) is 65.8 Å². The van der Waals surface area contributed by atoms with Crippen LogP contribution in [0.3, 0.4) is 0 Å². The smallest absolute Gasteiger partial charge is 0.329 e. The summed E-state index contributed by atoms with van der Waals surface area (Å²) in [6.07, 6.45) is 1.37. The minimum atomic E-state index is -0.891. The van der Waals surface area contributed by atoms with Crippen molar-refractivity contribution in [3.05, 3.63) is 80.9 Å². The van der Waals surface area contributed by atoms with E-state index in [1.165, 1.54) is 13.3 Å². The lowest BCUT2D eigenvalue weighted by Crippen LogP contribution is -2.37. The highest BCUT2D eigenvalue weighted by molar-refractivity contribution is 14.1. The molecule has 0 saturated heterocycles. The number of hydrogen-bond donors (Lipinski definition) is 3. The molecule has 0 aliphatic rings. The zero-order chi connectivity index (χ0) is 27.5. The van der Waals surface area contributed by atoms with Gasteiger partial charge in [0, 0.05) is 12.2 Å². The molecular formula is C27H27IN4O6. The summed E-state index contributed by atoms with van der Waals surface area (Å²) in [7, 11) is 3.04. The van der Waals surface area contributed by atoms with Crippen LogP contribution in [0.4, 0.5) is 5.69 Å². The van der Waals surface area contributed by atoms with E-state index in [9.17, 15) is 14.4 Å². The lowest BCUT2D eigenvalue weighted by molar-refractivity contribution is -0.139. The van der Waals surface area contributed by atoms with Crippen LogP contribution >= 0.6 is 22.6 Å². The molecule has 0 spiro atoms. The van der Waals surface area contributed by atoms with Crippen LogP contribution in [0.2, 0.25) is 0 Å². The summed E-state index contributed by atoms with van der Waals surface area (Å²) < 4.78 is 16.9. The van der Waals surface area contributed by atoms with Crippen molar-refractivity contribution < 1.29 is 28.6 Å². The topological polar surface area (TPSA) is 127 Å². The average molecular weight is 630 g/mol. The van der Waals surface area contributed by atoms with Gasteiger partial charge in [-0.1, -0.05) is 29.8 Å². The number of aryl methyl sites for hydroxylation is 1. The van der Waals surface area contributed by atoms with Crippen molar-refractivity contribution in [1.82, 2.24) is 10.7 Å². The first-order chi connectivity index (χ1) is 18.3. The SMILES string of the molecule is COc1ccc(NC(=O)COc2c(I)cc(/C=N\NC(=O)C(=O)NCc3ccc(C)cc3)cc2OC)cc1. The van der Waals surface area contributed by atoms with Crippen molar-refractivity contribution in [3.63, 3.8) is 0 Å². The second-order valence-corrected chi connectivity index (χ2v) is 9.13. The minimum Gasteiger partial charge on any atom is -0.497 e. The number of hydrazone groups is 1. The molecule has 0 aliphatic carbocycles. The summed E-state index contributed by atoms with van der Waals surface area (Å²) in [5.74, 6) is -0.595. The molecule has 38 heavy (non-hydrogen) atoms. The third-order valence-electron chi connectivity index (χ3n) is 5.13. The Morgan fingerprint density at radius 1 is 0.947 bits per heavy atom. The van der Waals surface area contributed by atoms with Crippen molar-refractivity contribution in [3.8, 4) is 17.2 Å². The second-order valence-electron chi connectivity index (χ2n) is 7.97. The van der Waals surface area contributed by atoms with Crippen molar-refractivity contribution in [1.29, 1.82) is 0 Å². The van der Waals surface area contributed by atoms with Gasteiger partial charge in [0.1, 0.15) is 5.75 Å². The summed E-state index contributed by atoms with van der Waals surface area (Å²) >= 11 is 2.04. The predicted molar refractivity (Wildman–Crippen MR) is 152 cm³/mol. The van der Waals surface area contributed by atoms with Crippen LogP contribution in [-0.2, 0) is 20.9 Å². The highest BCUT2D eigenvalue weighted by atomic mass is 127. The molecule has 0 atom stereocenters. The Hall–Kier alpha value is -4.13. The number of rotatable bonds is 10. The molecule has 0 aliphatic heterocycles. The maximum Gasteiger partial charge on any atom is 0.329 e. The molecule has 0 aromatic heterocycles. The summed E-state index contributed by atoms with van der Waals surface area (Å²) in [5.41, 5.74) is 5.38. The minimum absolute atomic E-state index is 0.227. The third kappa shape index (κ3) is 8.47. The number of nitrogens with one attached hydrogen (secondary N) is 3. The molecule has 0 unspecified atom stereocenters. The lowest BCUT2D eigenvalue weighted by atomic mass is 10.1. The zero-order valence-electron chi connectivity index (χ0n) is 21.0. The number of carbonyl (C=O) groups excluding carboxylic acids is 3. The Kier molecular flexibility index (Phi) is 10.5. The molecular weight excluding hydrogens is 603 g/mol. The van der Waals surface area contributed by atoms with E-state index in [2.05, 4.69) is 21.2 Å². The van der Waals surface area contributed by atoms with Crippen LogP contribution in [0.25, 0.3) is 0 Å². The predicted octanol–water partition coefficient (Wildman–Crippen LogP) is 3.40. The standard InChI is InChI=1S/C27H27IN4O6/c1-17-4-6-18(7-5-17)14-29-26(34)27(35)32-30-15-19-12-22(28)25(23(13-19)37-3)38-16-24(33)31-20-8-10-21(36-2)11-9-20/h4-13,15H,14,16H2,1-3H3,(H,29,34)(H,31,33)(H,32,35)/b30-15-. The molecule has 11 heteroatoms. The van der Waals surface area contributed by atoms with Gasteiger partial charge in [0.2, 0.25) is 0 Å². The number of hydrogen-bond acceptors (Lipinski definition) is 7. The number of halogens is 1. The van der Waals surface area contributed by atoms with Gasteiger partial charge in [-0.3, -0.25) is 14.4 Å². The van der Waals surface area contributed by atoms with Crippen molar-refractivity contribution >= 4 is 52.2 Å². The molecule has 0 fully saturated rings. The van der Waals surface area contributed by atoms with Crippen LogP contribution in [0.5, 0.6) is 17.2 Å². The first-order valence-electron chi connectivity index (χ1n) is 11.4. The lowest BCUT2D eigenvalue weighted by Gasteiger charge is -2.13. The van der Waals surface area contributed by atoms with Gasteiger partial charge < -0.3 is 24.8 Å². The quantitative estimate of drug-likeness (QED) is 0.137. The van der Waals surface area contributed by atoms with Crippen molar-refractivity contribution in [2.75, 3.05) is 26.1 Å². The van der Waals surface area contributed by atoms with Crippen molar-refractivity contribution in [2.24, 2.45) is 5.10 Å². The fourth-order valence-electron chi connectivity index (χ4n) is 3.15. The first-order valence-corrected chi connectivity index (χ1v) is 12.5. The summed E-state index contributed by atoms with van der Waals surface area (Å²) in [5, 5.41) is 9.14. The number of anilines is 1. The Balaban J connectivity index is 1.53. The van der Waals surface area contributed by atoms with E-state index in [4.69, 9.17) is 14.2 Å². The molecule has 3 amide bonds. The van der Waals surface area contributed by atoms with E-state index in [1.807, 2.05) is 53.8 Å². The molecule has 0 bridgehead atoms. The van der Waals surface area contributed by atoms with Gasteiger partial charge in [0.15, 0.2) is 18.1 Å². The molecule has 3 aromatic carbocycles. The monoisotopic (exact) mass is 630 g/mol. The summed E-state index contributed by atoms with van der Waals surface area (Å²) in [4.78, 5) is 36.4. The first kappa shape index (κ1) is 28.4. The normalized spacial score (nSPS) is 10.5. The maximum atomic E-state index is 12.3. The van der Waals surface area contributed by atoms with E-state index < -0.39 is 11.8 Å². The summed E-state index contributed by atoms with van der Waals surface area (Å²) in [6, 6.07) is 17.9. The fraction of sp³-hybridized carbons (Fsp3) is 0.185. The number of benzene rings is 3. The number of nitrogens with zero attached hydrogens (tertiary/aromatic N) is 1. The van der Waals surface area contributed by atoms with Gasteiger partial charge in [-0.2, -0.15) is 5.10 Å². The molecule has 0 heterocycles. The van der Waals surface area contributed by atoms with Crippen LogP contribution in [0, 0.1) is 10.5 Å². The molecule has 198 valence electrons. The van der Waals surface area contributed by atoms with Crippen LogP contribution in [-0.4, -0.2) is 44.8 Å². The molecule has 3 rings (SSSR count). The second kappa shape index (κ2) is 14.0. The number of methoxy groups -OCH3 is 2. The average Bonchev–Trinajstić information content (AvgIpc) is 2.92. The number of ether oxygens (including phenoxy) is 3. The van der Waals surface area contributed by atoms with Gasteiger partial charge in [-0.15, -0.1) is 0 Å². The van der Waals surface area contributed by atoms with E-state index in [1.54, 1.807) is 43.5 Å². The molecule has 10 nitrogen and oxygen atoms in total. The number of carbonyl (C=O) groups is 3. The highest BCUT2D eigenvalue weighted by Gasteiger charge is 2.15. The van der Waals surface area contributed by atoms with Gasteiger partial charge in [0.25, 0.3) is 5.91 Å². The number of amides is 3. The summed E-state index contributed by atoms with van der Waals surface area (Å²) in [6.45, 7) is 1.96. The van der Waals surface area contributed by atoms with Gasteiger partial charge >= 0.3 is 11.8 Å². The Labute approximate surface area is 233 Å². The van der Waals surface area contributed by atoms with Gasteiger partial charge in [0.05, 0.1) is 24.0 Å². The molecule has 0 radical (unpaired) electrons. The van der Waals surface area contributed by atoms with Crippen LogP contribution in [0.1, 0.15) is 16.7 Å². The van der Waals surface area contributed by atoms with E-state index in [-0.39, 0.29) is 19.1 Å². The Morgan fingerprint density at radius 2 is 1.66 bits per heavy atom. The van der Waals surface area contributed by atoms with E-state index >= 15 is 0 Å². The Bertz CT molecular complexity index is 1310. The maximum absolute atomic E-state index is 12.3. The van der Waals surface area contributed by atoms with Gasteiger partial charge in [-0.25, -0.2) is 5.43 Å². The van der Waals surface area contributed by atoms with E-state index in [0.717, 1.165) is 11.1 Å². The third-order valence-corrected chi connectivity index (χ3v) is 5.93. The molecule has 0 saturated carbocycles. The molecule has 3 N–H and O–H groups in total. The van der Waals surface area contributed by atoms with Crippen molar-refractivity contribution in [2.45, 2.75) is 13.5 Å². The highest BCUT2D eigenvalue weighted by Crippen LogP contribution is 2.33. The van der Waals surface area contributed by atoms with Gasteiger partial charge in [-0.05, 0) is 77.0 Å². The zero-order valence-corrected chi connectivity index (χ0v) is 23.2. The Morgan fingerprint density at radius 3 is 2.32 bits per heavy atom. The largest absolute Gasteiger partial charge is 0.497 e. The molecule has 3 aromatic rings. The van der Waals surface area contributed by atoms with Crippen LogP contribution < -0.4 is 30.3 Å².